The van der Waals surface area contributed by atoms with Crippen LogP contribution >= 0.6 is 10.7 Å². The molecule has 1 heterocycles. The number of benzene rings is 1. The predicted molar refractivity (Wildman–Crippen MR) is 79.6 cm³/mol. The summed E-state index contributed by atoms with van der Waals surface area (Å²) < 4.78 is 22.3. The van der Waals surface area contributed by atoms with Gasteiger partial charge in [-0.1, -0.05) is 12.1 Å². The minimum Gasteiger partial charge on any atom is -0.345 e. The van der Waals surface area contributed by atoms with Crippen LogP contribution in [0.3, 0.4) is 0 Å². The fourth-order valence-electron chi connectivity index (χ4n) is 1.78. The number of carbonyl (C=O) groups excluding carboxylic acids is 1. The highest BCUT2D eigenvalue weighted by Crippen LogP contribution is 2.19. The van der Waals surface area contributed by atoms with Crippen molar-refractivity contribution < 1.29 is 13.2 Å². The van der Waals surface area contributed by atoms with Gasteiger partial charge in [0.1, 0.15) is 0 Å². The van der Waals surface area contributed by atoms with Crippen molar-refractivity contribution in [2.24, 2.45) is 0 Å². The van der Waals surface area contributed by atoms with Crippen molar-refractivity contribution >= 4 is 25.6 Å². The number of pyridine rings is 1. The Bertz CT molecular complexity index is 731. The molecule has 0 spiro atoms. The highest BCUT2D eigenvalue weighted by atomic mass is 35.7. The van der Waals surface area contributed by atoms with Gasteiger partial charge in [0.2, 0.25) is 0 Å². The molecule has 1 aromatic carbocycles. The Morgan fingerprint density at radius 1 is 1.24 bits per heavy atom. The Morgan fingerprint density at radius 3 is 2.43 bits per heavy atom. The van der Waals surface area contributed by atoms with E-state index in [1.807, 2.05) is 0 Å². The van der Waals surface area contributed by atoms with E-state index in [1.165, 1.54) is 18.3 Å². The molecule has 2 aromatic rings. The molecule has 0 saturated heterocycles. The molecule has 0 aliphatic rings. The molecule has 1 aromatic heterocycles. The van der Waals surface area contributed by atoms with Gasteiger partial charge in [0.25, 0.3) is 15.0 Å². The maximum absolute atomic E-state index is 12.0. The Morgan fingerprint density at radius 2 is 1.90 bits per heavy atom. The lowest BCUT2D eigenvalue weighted by Crippen LogP contribution is -2.26. The number of hydrogen-bond donors (Lipinski definition) is 1. The summed E-state index contributed by atoms with van der Waals surface area (Å²) in [5.41, 5.74) is 1.24. The summed E-state index contributed by atoms with van der Waals surface area (Å²) in [6.45, 7) is 1.80. The molecule has 21 heavy (non-hydrogen) atoms. The van der Waals surface area contributed by atoms with E-state index in [0.29, 0.717) is 5.56 Å². The molecule has 2 rings (SSSR count). The molecule has 0 aliphatic carbocycles. The highest BCUT2D eigenvalue weighted by molar-refractivity contribution is 8.13. The van der Waals surface area contributed by atoms with Gasteiger partial charge in [-0.25, -0.2) is 8.42 Å². The molecule has 110 valence electrons. The van der Waals surface area contributed by atoms with Crippen molar-refractivity contribution in [2.45, 2.75) is 17.9 Å². The summed E-state index contributed by atoms with van der Waals surface area (Å²) in [6, 6.07) is 9.12. The summed E-state index contributed by atoms with van der Waals surface area (Å²) in [4.78, 5) is 15.9. The van der Waals surface area contributed by atoms with E-state index in [2.05, 4.69) is 10.3 Å². The smallest absolute Gasteiger partial charge is 0.261 e. The normalized spacial score (nSPS) is 12.7. The number of aromatic nitrogens is 1. The van der Waals surface area contributed by atoms with Crippen molar-refractivity contribution in [3.63, 3.8) is 0 Å². The van der Waals surface area contributed by atoms with E-state index < -0.39 is 9.05 Å². The number of amides is 1. The second kappa shape index (κ2) is 6.24. The van der Waals surface area contributed by atoms with Gasteiger partial charge >= 0.3 is 0 Å². The van der Waals surface area contributed by atoms with E-state index in [9.17, 15) is 13.2 Å². The van der Waals surface area contributed by atoms with Crippen LogP contribution in [0.5, 0.6) is 0 Å². The Kier molecular flexibility index (Phi) is 4.59. The van der Waals surface area contributed by atoms with E-state index in [1.54, 1.807) is 37.4 Å². The molecule has 7 heteroatoms. The molecule has 0 radical (unpaired) electrons. The number of carbonyl (C=O) groups is 1. The van der Waals surface area contributed by atoms with E-state index in [-0.39, 0.29) is 16.8 Å². The molecule has 0 bridgehead atoms. The first-order valence-corrected chi connectivity index (χ1v) is 8.44. The SMILES string of the molecule is CC(NC(=O)c1cccnc1)c1ccc(S(=O)(=O)Cl)cc1. The fraction of sp³-hybridized carbons (Fsp3) is 0.143. The number of halogens is 1. The summed E-state index contributed by atoms with van der Waals surface area (Å²) in [5, 5.41) is 2.81. The minimum absolute atomic E-state index is 0.0266. The largest absolute Gasteiger partial charge is 0.345 e. The molecule has 5 nitrogen and oxygen atoms in total. The molecule has 0 aliphatic heterocycles. The summed E-state index contributed by atoms with van der Waals surface area (Å²) in [7, 11) is 1.52. The third-order valence-corrected chi connectivity index (χ3v) is 4.30. The lowest BCUT2D eigenvalue weighted by molar-refractivity contribution is 0.0939. The van der Waals surface area contributed by atoms with Crippen LogP contribution in [0, 0.1) is 0 Å². The number of rotatable bonds is 4. The van der Waals surface area contributed by atoms with Gasteiger partial charge in [0.15, 0.2) is 0 Å². The zero-order valence-corrected chi connectivity index (χ0v) is 12.7. The number of nitrogens with one attached hydrogen (secondary N) is 1. The molecule has 1 amide bonds. The van der Waals surface area contributed by atoms with Crippen LogP contribution in [0.2, 0.25) is 0 Å². The van der Waals surface area contributed by atoms with Crippen LogP contribution in [0.1, 0.15) is 28.9 Å². The second-order valence-corrected chi connectivity index (χ2v) is 7.01. The highest BCUT2D eigenvalue weighted by Gasteiger charge is 2.13. The molecular weight excluding hydrogens is 312 g/mol. The third kappa shape index (κ3) is 4.03. The van der Waals surface area contributed by atoms with Crippen molar-refractivity contribution in [3.05, 3.63) is 59.9 Å². The average molecular weight is 325 g/mol. The van der Waals surface area contributed by atoms with Crippen LogP contribution in [0.4, 0.5) is 0 Å². The summed E-state index contributed by atoms with van der Waals surface area (Å²) in [5.74, 6) is -0.246. The van der Waals surface area contributed by atoms with E-state index in [4.69, 9.17) is 10.7 Å². The first-order chi connectivity index (χ1) is 9.88. The quantitative estimate of drug-likeness (QED) is 0.877. The standard InChI is InChI=1S/C14H13ClN2O3S/c1-10(17-14(18)12-3-2-8-16-9-12)11-4-6-13(7-5-11)21(15,19)20/h2-10H,1H3,(H,17,18). The van der Waals surface area contributed by atoms with Crippen molar-refractivity contribution in [1.29, 1.82) is 0 Å². The second-order valence-electron chi connectivity index (χ2n) is 4.44. The van der Waals surface area contributed by atoms with Crippen molar-refractivity contribution in [3.8, 4) is 0 Å². The Balaban J connectivity index is 2.10. The molecule has 0 saturated carbocycles. The monoisotopic (exact) mass is 324 g/mol. The van der Waals surface area contributed by atoms with E-state index >= 15 is 0 Å². The predicted octanol–water partition coefficient (Wildman–Crippen LogP) is 2.50. The zero-order chi connectivity index (χ0) is 15.5. The summed E-state index contributed by atoms with van der Waals surface area (Å²) >= 11 is 0. The van der Waals surface area contributed by atoms with Crippen LogP contribution in [-0.2, 0) is 9.05 Å². The van der Waals surface area contributed by atoms with Crippen molar-refractivity contribution in [2.75, 3.05) is 0 Å². The molecule has 1 N–H and O–H groups in total. The average Bonchev–Trinajstić information content (AvgIpc) is 2.47. The van der Waals surface area contributed by atoms with E-state index in [0.717, 1.165) is 5.56 Å². The van der Waals surface area contributed by atoms with Crippen LogP contribution < -0.4 is 5.32 Å². The molecule has 1 unspecified atom stereocenters. The first-order valence-electron chi connectivity index (χ1n) is 6.13. The van der Waals surface area contributed by atoms with Crippen LogP contribution in [0.25, 0.3) is 0 Å². The van der Waals surface area contributed by atoms with Gasteiger partial charge in [-0.05, 0) is 36.8 Å². The lowest BCUT2D eigenvalue weighted by atomic mass is 10.1. The fourth-order valence-corrected chi connectivity index (χ4v) is 2.55. The summed E-state index contributed by atoms with van der Waals surface area (Å²) in [6.07, 6.45) is 3.07. The van der Waals surface area contributed by atoms with Crippen LogP contribution in [-0.4, -0.2) is 19.3 Å². The Hall–Kier alpha value is -1.92. The van der Waals surface area contributed by atoms with Gasteiger partial charge < -0.3 is 5.32 Å². The number of hydrogen-bond acceptors (Lipinski definition) is 4. The van der Waals surface area contributed by atoms with Crippen molar-refractivity contribution in [1.82, 2.24) is 10.3 Å². The van der Waals surface area contributed by atoms with Crippen LogP contribution in [0.15, 0.2) is 53.7 Å². The topological polar surface area (TPSA) is 76.1 Å². The molecule has 1 atom stereocenters. The Labute approximate surface area is 127 Å². The number of nitrogens with zero attached hydrogens (tertiary/aromatic N) is 1. The maximum Gasteiger partial charge on any atom is 0.261 e. The molecular formula is C14H13ClN2O3S. The maximum atomic E-state index is 12.0. The first kappa shape index (κ1) is 15.5. The van der Waals surface area contributed by atoms with Gasteiger partial charge in [0, 0.05) is 23.1 Å². The van der Waals surface area contributed by atoms with Gasteiger partial charge in [-0.15, -0.1) is 0 Å². The molecule has 0 fully saturated rings. The van der Waals surface area contributed by atoms with Gasteiger partial charge in [0.05, 0.1) is 16.5 Å². The zero-order valence-electron chi connectivity index (χ0n) is 11.2. The minimum atomic E-state index is -3.73. The van der Waals surface area contributed by atoms with Gasteiger partial charge in [-0.3, -0.25) is 9.78 Å². The lowest BCUT2D eigenvalue weighted by Gasteiger charge is -2.14. The third-order valence-electron chi connectivity index (χ3n) is 2.93. The van der Waals surface area contributed by atoms with Gasteiger partial charge in [-0.2, -0.15) is 0 Å².